The lowest BCUT2D eigenvalue weighted by Gasteiger charge is -2.20. The van der Waals surface area contributed by atoms with Crippen LogP contribution >= 0.6 is 0 Å². The minimum Gasteiger partial charge on any atom is -0.441 e. The van der Waals surface area contributed by atoms with Crippen LogP contribution in [0.1, 0.15) is 99.2 Å². The summed E-state index contributed by atoms with van der Waals surface area (Å²) in [5.41, 5.74) is 2.13. The molecule has 0 amide bonds. The van der Waals surface area contributed by atoms with Crippen LogP contribution in [0.4, 0.5) is 8.78 Å². The predicted octanol–water partition coefficient (Wildman–Crippen LogP) is 6.97. The summed E-state index contributed by atoms with van der Waals surface area (Å²) < 4.78 is 85.7. The van der Waals surface area contributed by atoms with Crippen LogP contribution in [0.3, 0.4) is 0 Å². The largest absolute Gasteiger partial charge is 0.441 e. The number of aromatic nitrogens is 2. The molecule has 0 radical (unpaired) electrons. The highest BCUT2D eigenvalue weighted by atomic mass is 32.2. The Morgan fingerprint density at radius 1 is 0.696 bits per heavy atom. The van der Waals surface area contributed by atoms with Crippen molar-refractivity contribution in [2.45, 2.75) is 99.7 Å². The van der Waals surface area contributed by atoms with Gasteiger partial charge in [0.25, 0.3) is 0 Å². The zero-order valence-corrected chi connectivity index (χ0v) is 27.4. The van der Waals surface area contributed by atoms with Crippen LogP contribution in [0.25, 0.3) is 22.6 Å². The minimum atomic E-state index is -4.13. The van der Waals surface area contributed by atoms with Gasteiger partial charge in [0.2, 0.25) is 20.0 Å². The smallest absolute Gasteiger partial charge is 0.240 e. The molecular weight excluding hydrogens is 639 g/mol. The number of hydrogen-bond donors (Lipinski definition) is 2. The van der Waals surface area contributed by atoms with Gasteiger partial charge in [0.05, 0.1) is 17.0 Å². The average molecular weight is 677 g/mol. The molecule has 2 aliphatic rings. The van der Waals surface area contributed by atoms with Crippen LogP contribution in [0.15, 0.2) is 55.0 Å². The van der Waals surface area contributed by atoms with Crippen LogP contribution in [-0.4, -0.2) is 26.8 Å². The molecule has 248 valence electrons. The number of nitrogens with two attached hydrogens (primary N) is 2. The van der Waals surface area contributed by atoms with Gasteiger partial charge in [-0.15, -0.1) is 0 Å². The number of hydrogen-bond acceptors (Lipinski definition) is 8. The van der Waals surface area contributed by atoms with Gasteiger partial charge in [0.1, 0.15) is 15.6 Å². The normalized spacial score (nSPS) is 16.7. The van der Waals surface area contributed by atoms with Crippen molar-refractivity contribution in [3.63, 3.8) is 0 Å². The highest BCUT2D eigenvalue weighted by Crippen LogP contribution is 2.40. The standard InChI is InChI=1S/2C16H19FN2O3S/c1-10-19-15(11-6-3-2-4-7-11)16(22-10)12-8-5-9-13(14(12)17)23(18,20)21;1-10-19-15(11-5-3-2-4-6-11)16(22-10)12-7-8-14(13(17)9-12)23(18,20)21/h5,8-9,11H,2-4,6-7H2,1H3,(H2,18,20,21);7-9,11H,2-6H2,1H3,(H2,18,20,21). The summed E-state index contributed by atoms with van der Waals surface area (Å²) in [6, 6.07) is 7.93. The number of benzene rings is 2. The molecule has 0 spiro atoms. The van der Waals surface area contributed by atoms with Gasteiger partial charge in [0, 0.05) is 31.2 Å². The van der Waals surface area contributed by atoms with E-state index in [0.29, 0.717) is 40.5 Å². The highest BCUT2D eigenvalue weighted by Gasteiger charge is 2.28. The second-order valence-electron chi connectivity index (χ2n) is 11.9. The van der Waals surface area contributed by atoms with Crippen molar-refractivity contribution in [2.75, 3.05) is 0 Å². The first-order valence-corrected chi connectivity index (χ1v) is 18.4. The molecule has 0 unspecified atom stereocenters. The maximum Gasteiger partial charge on any atom is 0.240 e. The van der Waals surface area contributed by atoms with Gasteiger partial charge in [-0.1, -0.05) is 44.6 Å². The van der Waals surface area contributed by atoms with Gasteiger partial charge in [0.15, 0.2) is 29.1 Å². The third-order valence-electron chi connectivity index (χ3n) is 8.52. The molecule has 0 saturated heterocycles. The lowest BCUT2D eigenvalue weighted by Crippen LogP contribution is -2.14. The van der Waals surface area contributed by atoms with Gasteiger partial charge in [-0.3, -0.25) is 0 Å². The Morgan fingerprint density at radius 3 is 1.70 bits per heavy atom. The van der Waals surface area contributed by atoms with Gasteiger partial charge in [-0.2, -0.15) is 0 Å². The van der Waals surface area contributed by atoms with Crippen molar-refractivity contribution in [1.82, 2.24) is 9.97 Å². The van der Waals surface area contributed by atoms with E-state index in [1.807, 2.05) is 0 Å². The molecular formula is C32H38F2N4O6S2. The first kappa shape index (κ1) is 33.9. The van der Waals surface area contributed by atoms with E-state index >= 15 is 0 Å². The number of halogens is 2. The number of rotatable bonds is 6. The van der Waals surface area contributed by atoms with E-state index in [2.05, 4.69) is 9.97 Å². The van der Waals surface area contributed by atoms with Gasteiger partial charge in [-0.05, 0) is 56.0 Å². The summed E-state index contributed by atoms with van der Waals surface area (Å²) in [6.07, 6.45) is 11.0. The Kier molecular flexibility index (Phi) is 10.1. The van der Waals surface area contributed by atoms with E-state index in [1.165, 1.54) is 37.1 Å². The van der Waals surface area contributed by atoms with Crippen molar-refractivity contribution < 1.29 is 34.5 Å². The molecule has 2 aromatic carbocycles. The molecule has 46 heavy (non-hydrogen) atoms. The molecule has 2 heterocycles. The van der Waals surface area contributed by atoms with Crippen LogP contribution < -0.4 is 10.3 Å². The predicted molar refractivity (Wildman–Crippen MR) is 168 cm³/mol. The lowest BCUT2D eigenvalue weighted by molar-refractivity contribution is 0.436. The summed E-state index contributed by atoms with van der Waals surface area (Å²) in [4.78, 5) is 7.86. The molecule has 4 N–H and O–H groups in total. The molecule has 2 fully saturated rings. The molecule has 10 nitrogen and oxygen atoms in total. The summed E-state index contributed by atoms with van der Waals surface area (Å²) in [5, 5.41) is 10.1. The van der Waals surface area contributed by atoms with Crippen LogP contribution in [0.5, 0.6) is 0 Å². The zero-order chi connectivity index (χ0) is 33.2. The second-order valence-corrected chi connectivity index (χ2v) is 15.0. The van der Waals surface area contributed by atoms with E-state index in [4.69, 9.17) is 19.1 Å². The molecule has 2 aliphatic carbocycles. The molecule has 0 aliphatic heterocycles. The molecule has 0 bridgehead atoms. The fourth-order valence-electron chi connectivity index (χ4n) is 6.37. The van der Waals surface area contributed by atoms with Crippen molar-refractivity contribution in [2.24, 2.45) is 10.3 Å². The number of primary sulfonamides is 2. The van der Waals surface area contributed by atoms with E-state index in [9.17, 15) is 25.6 Å². The maximum atomic E-state index is 14.7. The summed E-state index contributed by atoms with van der Waals surface area (Å²) in [6.45, 7) is 3.46. The number of aryl methyl sites for hydroxylation is 2. The Balaban J connectivity index is 0.000000181. The molecule has 2 saturated carbocycles. The quantitative estimate of drug-likeness (QED) is 0.220. The van der Waals surface area contributed by atoms with Crippen molar-refractivity contribution in [3.05, 3.63) is 71.2 Å². The fraction of sp³-hybridized carbons (Fsp3) is 0.438. The molecule has 14 heteroatoms. The van der Waals surface area contributed by atoms with E-state index in [1.54, 1.807) is 13.8 Å². The summed E-state index contributed by atoms with van der Waals surface area (Å²) in [7, 11) is -8.21. The Morgan fingerprint density at radius 2 is 1.20 bits per heavy atom. The number of oxazole rings is 2. The molecule has 4 aromatic rings. The molecule has 0 atom stereocenters. The molecule has 2 aromatic heterocycles. The lowest BCUT2D eigenvalue weighted by atomic mass is 9.85. The first-order valence-electron chi connectivity index (χ1n) is 15.3. The van der Waals surface area contributed by atoms with Crippen molar-refractivity contribution in [3.8, 4) is 22.6 Å². The van der Waals surface area contributed by atoms with Gasteiger partial charge >= 0.3 is 0 Å². The maximum absolute atomic E-state index is 14.7. The third-order valence-corrected chi connectivity index (χ3v) is 10.4. The first-order chi connectivity index (χ1) is 21.7. The summed E-state index contributed by atoms with van der Waals surface area (Å²) in [5.74, 6) is 0.562. The Bertz CT molecular complexity index is 1930. The average Bonchev–Trinajstić information content (AvgIpc) is 3.59. The van der Waals surface area contributed by atoms with Crippen molar-refractivity contribution >= 4 is 20.0 Å². The monoisotopic (exact) mass is 676 g/mol. The zero-order valence-electron chi connectivity index (χ0n) is 25.8. The van der Waals surface area contributed by atoms with E-state index < -0.39 is 41.5 Å². The highest BCUT2D eigenvalue weighted by molar-refractivity contribution is 7.89. The van der Waals surface area contributed by atoms with Crippen LogP contribution in [0.2, 0.25) is 0 Å². The minimum absolute atomic E-state index is 0.0951. The van der Waals surface area contributed by atoms with E-state index in [-0.39, 0.29) is 11.5 Å². The SMILES string of the molecule is Cc1nc(C2CCCCC2)c(-c2ccc(S(N)(=O)=O)c(F)c2)o1.Cc1nc(C2CCCCC2)c(-c2cccc(S(N)(=O)=O)c2F)o1. The van der Waals surface area contributed by atoms with Gasteiger partial charge in [-0.25, -0.2) is 45.9 Å². The third kappa shape index (κ3) is 7.56. The number of nitrogens with zero attached hydrogens (tertiary/aromatic N) is 2. The summed E-state index contributed by atoms with van der Waals surface area (Å²) >= 11 is 0. The van der Waals surface area contributed by atoms with E-state index in [0.717, 1.165) is 69.2 Å². The second kappa shape index (κ2) is 13.7. The van der Waals surface area contributed by atoms with Crippen LogP contribution in [-0.2, 0) is 20.0 Å². The topological polar surface area (TPSA) is 172 Å². The fourth-order valence-corrected chi connectivity index (χ4v) is 7.59. The molecule has 6 rings (SSSR count). The Labute approximate surface area is 267 Å². The van der Waals surface area contributed by atoms with Crippen molar-refractivity contribution in [1.29, 1.82) is 0 Å². The van der Waals surface area contributed by atoms with Crippen LogP contribution in [0, 0.1) is 25.5 Å². The van der Waals surface area contributed by atoms with Gasteiger partial charge < -0.3 is 8.83 Å². The Hall–Kier alpha value is -3.46. The number of sulfonamides is 2.